The summed E-state index contributed by atoms with van der Waals surface area (Å²) in [5, 5.41) is 11.2. The minimum atomic E-state index is -1.10. The number of nitrogens with one attached hydrogen (secondary N) is 1. The Morgan fingerprint density at radius 1 is 1.22 bits per heavy atom. The highest BCUT2D eigenvalue weighted by molar-refractivity contribution is 6.18. The summed E-state index contributed by atoms with van der Waals surface area (Å²) in [6.07, 6.45) is -0.528. The van der Waals surface area contributed by atoms with Gasteiger partial charge in [-0.05, 0) is 30.7 Å². The van der Waals surface area contributed by atoms with Gasteiger partial charge in [0, 0.05) is 30.5 Å². The number of carboxylic acid groups (broad SMARTS) is 1. The minimum absolute atomic E-state index is 0.273. The van der Waals surface area contributed by atoms with Gasteiger partial charge in [-0.1, -0.05) is 6.92 Å². The van der Waals surface area contributed by atoms with Gasteiger partial charge in [-0.15, -0.1) is 23.2 Å². The Kier molecular flexibility index (Phi) is 8.58. The summed E-state index contributed by atoms with van der Waals surface area (Å²) in [7, 11) is 0. The molecule has 1 amide bonds. The van der Waals surface area contributed by atoms with E-state index in [1.165, 1.54) is 0 Å². The van der Waals surface area contributed by atoms with Gasteiger partial charge in [-0.2, -0.15) is 0 Å². The van der Waals surface area contributed by atoms with Crippen molar-refractivity contribution in [2.24, 2.45) is 0 Å². The van der Waals surface area contributed by atoms with Crippen molar-refractivity contribution < 1.29 is 19.4 Å². The molecule has 0 aromatic heterocycles. The average Bonchev–Trinajstić information content (AvgIpc) is 2.53. The lowest BCUT2D eigenvalue weighted by Gasteiger charge is -2.23. The van der Waals surface area contributed by atoms with E-state index in [0.717, 1.165) is 5.69 Å². The van der Waals surface area contributed by atoms with Crippen LogP contribution in [0.3, 0.4) is 0 Å². The smallest absolute Gasteiger partial charge is 0.413 e. The molecule has 0 saturated carbocycles. The van der Waals surface area contributed by atoms with Crippen molar-refractivity contribution in [3.8, 4) is 5.75 Å². The van der Waals surface area contributed by atoms with Gasteiger partial charge < -0.3 is 20.1 Å². The number of nitrogens with zero attached hydrogens (tertiary/aromatic N) is 1. The third-order valence-electron chi connectivity index (χ3n) is 3.12. The van der Waals surface area contributed by atoms with Gasteiger partial charge in [0.25, 0.3) is 0 Å². The molecule has 0 bridgehead atoms. The van der Waals surface area contributed by atoms with E-state index in [-0.39, 0.29) is 6.42 Å². The molecule has 1 aromatic rings. The van der Waals surface area contributed by atoms with Gasteiger partial charge in [0.1, 0.15) is 11.8 Å². The molecule has 1 rings (SSSR count). The molecule has 0 fully saturated rings. The molecule has 1 atom stereocenters. The van der Waals surface area contributed by atoms with Crippen molar-refractivity contribution in [2.45, 2.75) is 19.4 Å². The van der Waals surface area contributed by atoms with Crippen molar-refractivity contribution in [2.75, 3.05) is 29.7 Å². The fraction of sp³-hybridized carbons (Fsp3) is 0.467. The molecule has 8 heteroatoms. The first-order chi connectivity index (χ1) is 11.0. The van der Waals surface area contributed by atoms with Gasteiger partial charge in [0.2, 0.25) is 0 Å². The fourth-order valence-electron chi connectivity index (χ4n) is 1.92. The number of carbonyl (C=O) groups excluding carboxylic acids is 1. The Labute approximate surface area is 145 Å². The fourth-order valence-corrected chi connectivity index (χ4v) is 2.32. The quantitative estimate of drug-likeness (QED) is 0.660. The van der Waals surface area contributed by atoms with E-state index in [9.17, 15) is 9.59 Å². The first kappa shape index (κ1) is 19.4. The summed E-state index contributed by atoms with van der Waals surface area (Å²) in [4.78, 5) is 24.5. The molecule has 0 aliphatic heterocycles. The van der Waals surface area contributed by atoms with Gasteiger partial charge in [-0.25, -0.2) is 9.59 Å². The molecule has 1 unspecified atom stereocenters. The van der Waals surface area contributed by atoms with E-state index in [2.05, 4.69) is 5.32 Å². The van der Waals surface area contributed by atoms with Crippen LogP contribution in [0.5, 0.6) is 5.75 Å². The summed E-state index contributed by atoms with van der Waals surface area (Å²) in [5.74, 6) is 0.178. The number of hydrogen-bond donors (Lipinski definition) is 2. The summed E-state index contributed by atoms with van der Waals surface area (Å²) >= 11 is 11.5. The predicted molar refractivity (Wildman–Crippen MR) is 91.0 cm³/mol. The number of hydrogen-bond acceptors (Lipinski definition) is 4. The number of benzene rings is 1. The first-order valence-electron chi connectivity index (χ1n) is 7.19. The van der Waals surface area contributed by atoms with E-state index >= 15 is 0 Å². The summed E-state index contributed by atoms with van der Waals surface area (Å²) in [5.41, 5.74) is 0.913. The van der Waals surface area contributed by atoms with E-state index < -0.39 is 18.1 Å². The molecule has 6 nitrogen and oxygen atoms in total. The Bertz CT molecular complexity index is 505. The van der Waals surface area contributed by atoms with Crippen LogP contribution in [0.25, 0.3) is 0 Å². The number of alkyl halides is 2. The monoisotopic (exact) mass is 362 g/mol. The lowest BCUT2D eigenvalue weighted by Crippen LogP contribution is -2.41. The average molecular weight is 363 g/mol. The molecule has 0 aliphatic carbocycles. The molecule has 0 aliphatic rings. The maximum atomic E-state index is 11.7. The molecule has 1 aromatic carbocycles. The first-order valence-corrected chi connectivity index (χ1v) is 8.26. The normalized spacial score (nSPS) is 11.6. The van der Waals surface area contributed by atoms with Gasteiger partial charge in [0.15, 0.2) is 0 Å². The number of ether oxygens (including phenoxy) is 1. The molecule has 128 valence electrons. The highest BCUT2D eigenvalue weighted by Crippen LogP contribution is 2.19. The second kappa shape index (κ2) is 10.2. The van der Waals surface area contributed by atoms with E-state index in [1.807, 2.05) is 4.90 Å². The number of carboxylic acids is 1. The second-order valence-electron chi connectivity index (χ2n) is 4.69. The molecule has 0 spiro atoms. The Morgan fingerprint density at radius 2 is 1.78 bits per heavy atom. The number of anilines is 1. The van der Waals surface area contributed by atoms with Crippen LogP contribution in [0.4, 0.5) is 10.5 Å². The zero-order chi connectivity index (χ0) is 17.2. The van der Waals surface area contributed by atoms with Crippen molar-refractivity contribution >= 4 is 41.0 Å². The second-order valence-corrected chi connectivity index (χ2v) is 5.45. The van der Waals surface area contributed by atoms with Crippen LogP contribution in [-0.4, -0.2) is 48.1 Å². The highest BCUT2D eigenvalue weighted by Gasteiger charge is 2.18. The SMILES string of the molecule is CCC(NC(=O)Oc1ccc(N(CCCl)CCCl)cc1)C(=O)O. The molecule has 0 saturated heterocycles. The third kappa shape index (κ3) is 6.54. The van der Waals surface area contributed by atoms with Crippen LogP contribution >= 0.6 is 23.2 Å². The van der Waals surface area contributed by atoms with Crippen LogP contribution in [0, 0.1) is 0 Å². The maximum absolute atomic E-state index is 11.7. The molecule has 23 heavy (non-hydrogen) atoms. The lowest BCUT2D eigenvalue weighted by atomic mass is 10.2. The van der Waals surface area contributed by atoms with Gasteiger partial charge >= 0.3 is 12.1 Å². The molecular formula is C15H20Cl2N2O4. The van der Waals surface area contributed by atoms with Crippen molar-refractivity contribution in [1.82, 2.24) is 5.32 Å². The third-order valence-corrected chi connectivity index (χ3v) is 3.46. The van der Waals surface area contributed by atoms with E-state index in [4.69, 9.17) is 33.0 Å². The van der Waals surface area contributed by atoms with Crippen LogP contribution in [0.1, 0.15) is 13.3 Å². The highest BCUT2D eigenvalue weighted by atomic mass is 35.5. The lowest BCUT2D eigenvalue weighted by molar-refractivity contribution is -0.139. The summed E-state index contributed by atoms with van der Waals surface area (Å²) in [6, 6.07) is 5.87. The van der Waals surface area contributed by atoms with Crippen molar-refractivity contribution in [1.29, 1.82) is 0 Å². The van der Waals surface area contributed by atoms with Gasteiger partial charge in [-0.3, -0.25) is 0 Å². The number of rotatable bonds is 9. The predicted octanol–water partition coefficient (Wildman–Crippen LogP) is 2.92. The van der Waals surface area contributed by atoms with E-state index in [1.54, 1.807) is 31.2 Å². The Morgan fingerprint density at radius 3 is 2.22 bits per heavy atom. The number of carbonyl (C=O) groups is 2. The number of halogens is 2. The van der Waals surface area contributed by atoms with Crippen LogP contribution in [0.15, 0.2) is 24.3 Å². The van der Waals surface area contributed by atoms with Crippen molar-refractivity contribution in [3.63, 3.8) is 0 Å². The number of amides is 1. The summed E-state index contributed by atoms with van der Waals surface area (Å²) < 4.78 is 5.07. The van der Waals surface area contributed by atoms with Gasteiger partial charge in [0.05, 0.1) is 0 Å². The Hall–Kier alpha value is -1.66. The van der Waals surface area contributed by atoms with E-state index in [0.29, 0.717) is 30.6 Å². The Balaban J connectivity index is 2.65. The molecule has 0 heterocycles. The van der Waals surface area contributed by atoms with Crippen LogP contribution in [-0.2, 0) is 4.79 Å². The minimum Gasteiger partial charge on any atom is -0.480 e. The standard InChI is InChI=1S/C15H20Cl2N2O4/c1-2-13(14(20)21)18-15(22)23-12-5-3-11(4-6-12)19(9-7-16)10-8-17/h3-6,13H,2,7-10H2,1H3,(H,18,22)(H,20,21). The molecule has 0 radical (unpaired) electrons. The maximum Gasteiger partial charge on any atom is 0.413 e. The largest absolute Gasteiger partial charge is 0.480 e. The van der Waals surface area contributed by atoms with Crippen LogP contribution in [0.2, 0.25) is 0 Å². The molecule has 2 N–H and O–H groups in total. The zero-order valence-corrected chi connectivity index (χ0v) is 14.3. The zero-order valence-electron chi connectivity index (χ0n) is 12.8. The van der Waals surface area contributed by atoms with Crippen LogP contribution < -0.4 is 15.0 Å². The van der Waals surface area contributed by atoms with Crippen molar-refractivity contribution in [3.05, 3.63) is 24.3 Å². The topological polar surface area (TPSA) is 78.9 Å². The summed E-state index contributed by atoms with van der Waals surface area (Å²) in [6.45, 7) is 2.98. The number of aliphatic carboxylic acids is 1. The molecular weight excluding hydrogens is 343 g/mol.